The summed E-state index contributed by atoms with van der Waals surface area (Å²) in [6, 6.07) is 15.3. The molecule has 1 aliphatic heterocycles. The molecule has 1 aliphatic rings. The predicted molar refractivity (Wildman–Crippen MR) is 130 cm³/mol. The van der Waals surface area contributed by atoms with Crippen LogP contribution in [0.3, 0.4) is 0 Å². The molecule has 9 nitrogen and oxygen atoms in total. The van der Waals surface area contributed by atoms with Gasteiger partial charge in [0, 0.05) is 18.7 Å². The average molecular weight is 498 g/mol. The smallest absolute Gasteiger partial charge is 0.410 e. The Bertz CT molecular complexity index is 1080. The Balaban J connectivity index is 1.67. The fourth-order valence-corrected chi connectivity index (χ4v) is 3.55. The van der Waals surface area contributed by atoms with Crippen molar-refractivity contribution in [3.63, 3.8) is 0 Å². The number of amides is 1. The molecular weight excluding hydrogens is 466 g/mol. The number of esters is 2. The molecule has 1 heterocycles. The molecule has 0 radical (unpaired) electrons. The molecule has 0 saturated carbocycles. The zero-order chi connectivity index (χ0) is 26.3. The second-order valence-electron chi connectivity index (χ2n) is 9.28. The first-order valence-electron chi connectivity index (χ1n) is 11.8. The second-order valence-corrected chi connectivity index (χ2v) is 9.28. The van der Waals surface area contributed by atoms with E-state index in [9.17, 15) is 19.2 Å². The fraction of sp³-hybridized carbons (Fsp3) is 0.407. The van der Waals surface area contributed by atoms with E-state index in [0.717, 1.165) is 0 Å². The predicted octanol–water partition coefficient (Wildman–Crippen LogP) is 4.39. The summed E-state index contributed by atoms with van der Waals surface area (Å²) in [7, 11) is 0. The summed E-state index contributed by atoms with van der Waals surface area (Å²) >= 11 is 0. The Morgan fingerprint density at radius 2 is 1.61 bits per heavy atom. The lowest BCUT2D eigenvalue weighted by Crippen LogP contribution is -2.39. The molecule has 2 unspecified atom stereocenters. The molecule has 192 valence electrons. The molecular formula is C27H31NO8. The lowest BCUT2D eigenvalue weighted by molar-refractivity contribution is -0.166. The summed E-state index contributed by atoms with van der Waals surface area (Å²) in [6.07, 6.45) is -1.96. The van der Waals surface area contributed by atoms with Gasteiger partial charge in [0.2, 0.25) is 5.78 Å². The van der Waals surface area contributed by atoms with Gasteiger partial charge in [-0.1, -0.05) is 18.2 Å². The number of Topliss-reactive ketones (excluding diaryl/α,β-unsaturated/α-hetero) is 1. The SMILES string of the molecule is CCOC(=O)C(OC(=O)C1CCN(C(=O)OC(C)(C)C)C1)C(=O)c1ccc(Oc2ccccc2)cc1. The first-order valence-corrected chi connectivity index (χ1v) is 11.8. The number of benzene rings is 2. The Kier molecular flexibility index (Phi) is 8.68. The number of hydrogen-bond donors (Lipinski definition) is 0. The van der Waals surface area contributed by atoms with Gasteiger partial charge in [0.05, 0.1) is 12.5 Å². The van der Waals surface area contributed by atoms with Gasteiger partial charge in [0.15, 0.2) is 0 Å². The van der Waals surface area contributed by atoms with Crippen molar-refractivity contribution in [2.24, 2.45) is 5.92 Å². The highest BCUT2D eigenvalue weighted by atomic mass is 16.6. The number of nitrogens with zero attached hydrogens (tertiary/aromatic N) is 1. The Morgan fingerprint density at radius 1 is 0.972 bits per heavy atom. The number of ketones is 1. The van der Waals surface area contributed by atoms with Crippen molar-refractivity contribution in [3.05, 3.63) is 60.2 Å². The van der Waals surface area contributed by atoms with Crippen molar-refractivity contribution in [3.8, 4) is 11.5 Å². The van der Waals surface area contributed by atoms with Gasteiger partial charge in [0.25, 0.3) is 6.10 Å². The first-order chi connectivity index (χ1) is 17.1. The van der Waals surface area contributed by atoms with E-state index >= 15 is 0 Å². The summed E-state index contributed by atoms with van der Waals surface area (Å²) in [6.45, 7) is 7.24. The van der Waals surface area contributed by atoms with E-state index in [1.165, 1.54) is 17.0 Å². The molecule has 0 N–H and O–H groups in total. The van der Waals surface area contributed by atoms with Gasteiger partial charge in [0.1, 0.15) is 17.1 Å². The van der Waals surface area contributed by atoms with Crippen molar-refractivity contribution >= 4 is 23.8 Å². The van der Waals surface area contributed by atoms with Crippen LogP contribution >= 0.6 is 0 Å². The molecule has 1 fully saturated rings. The third-order valence-electron chi connectivity index (χ3n) is 5.26. The number of carbonyl (C=O) groups is 4. The minimum atomic E-state index is -1.76. The van der Waals surface area contributed by atoms with E-state index in [1.807, 2.05) is 18.2 Å². The third-order valence-corrected chi connectivity index (χ3v) is 5.26. The Morgan fingerprint density at radius 3 is 2.22 bits per heavy atom. The number of rotatable bonds is 8. The highest BCUT2D eigenvalue weighted by Crippen LogP contribution is 2.24. The van der Waals surface area contributed by atoms with Gasteiger partial charge in [-0.05, 0) is 70.5 Å². The molecule has 3 rings (SSSR count). The van der Waals surface area contributed by atoms with Gasteiger partial charge in [-0.15, -0.1) is 0 Å². The molecule has 0 bridgehead atoms. The van der Waals surface area contributed by atoms with E-state index in [4.69, 9.17) is 18.9 Å². The summed E-state index contributed by atoms with van der Waals surface area (Å²) in [5, 5.41) is 0. The minimum Gasteiger partial charge on any atom is -0.463 e. The van der Waals surface area contributed by atoms with E-state index in [1.54, 1.807) is 52.0 Å². The van der Waals surface area contributed by atoms with Crippen molar-refractivity contribution < 1.29 is 38.1 Å². The van der Waals surface area contributed by atoms with E-state index < -0.39 is 41.4 Å². The maximum atomic E-state index is 13.1. The molecule has 9 heteroatoms. The molecule has 0 aliphatic carbocycles. The van der Waals surface area contributed by atoms with Crippen LogP contribution in [-0.4, -0.2) is 60.1 Å². The summed E-state index contributed by atoms with van der Waals surface area (Å²) in [5.41, 5.74) is -0.512. The van der Waals surface area contributed by atoms with Crippen LogP contribution in [0.1, 0.15) is 44.5 Å². The van der Waals surface area contributed by atoms with Crippen molar-refractivity contribution in [2.75, 3.05) is 19.7 Å². The van der Waals surface area contributed by atoms with Crippen LogP contribution in [0, 0.1) is 5.92 Å². The van der Waals surface area contributed by atoms with Gasteiger partial charge < -0.3 is 23.8 Å². The van der Waals surface area contributed by atoms with Crippen molar-refractivity contribution in [1.29, 1.82) is 0 Å². The number of hydrogen-bond acceptors (Lipinski definition) is 8. The standard InChI is InChI=1S/C27H31NO8/c1-5-33-25(31)23(35-24(30)19-15-16-28(17-19)26(32)36-27(2,3)4)22(29)18-11-13-21(14-12-18)34-20-9-7-6-8-10-20/h6-14,19,23H,5,15-17H2,1-4H3. The van der Waals surface area contributed by atoms with Gasteiger partial charge in [-0.25, -0.2) is 9.59 Å². The van der Waals surface area contributed by atoms with Crippen LogP contribution in [0.4, 0.5) is 4.79 Å². The summed E-state index contributed by atoms with van der Waals surface area (Å²) < 4.78 is 21.4. The number of para-hydroxylation sites is 1. The number of carbonyl (C=O) groups excluding carboxylic acids is 4. The minimum absolute atomic E-state index is 0.0138. The molecule has 0 aromatic heterocycles. The largest absolute Gasteiger partial charge is 0.463 e. The van der Waals surface area contributed by atoms with E-state index in [0.29, 0.717) is 24.5 Å². The van der Waals surface area contributed by atoms with Crippen LogP contribution in [0.5, 0.6) is 11.5 Å². The van der Waals surface area contributed by atoms with E-state index in [2.05, 4.69) is 0 Å². The highest BCUT2D eigenvalue weighted by Gasteiger charge is 2.39. The maximum absolute atomic E-state index is 13.1. The van der Waals surface area contributed by atoms with Gasteiger partial charge in [-0.3, -0.25) is 9.59 Å². The zero-order valence-electron chi connectivity index (χ0n) is 20.9. The normalized spacial score (nSPS) is 16.1. The molecule has 2 aromatic carbocycles. The van der Waals surface area contributed by atoms with E-state index in [-0.39, 0.29) is 18.7 Å². The lowest BCUT2D eigenvalue weighted by Gasteiger charge is -2.24. The van der Waals surface area contributed by atoms with Crippen molar-refractivity contribution in [1.82, 2.24) is 4.90 Å². The quantitative estimate of drug-likeness (QED) is 0.229. The molecule has 36 heavy (non-hydrogen) atoms. The molecule has 1 saturated heterocycles. The van der Waals surface area contributed by atoms with Crippen LogP contribution in [-0.2, 0) is 23.8 Å². The zero-order valence-corrected chi connectivity index (χ0v) is 20.9. The van der Waals surface area contributed by atoms with Crippen LogP contribution in [0.2, 0.25) is 0 Å². The van der Waals surface area contributed by atoms with Gasteiger partial charge in [-0.2, -0.15) is 0 Å². The Hall–Kier alpha value is -3.88. The lowest BCUT2D eigenvalue weighted by atomic mass is 10.1. The first kappa shape index (κ1) is 26.7. The van der Waals surface area contributed by atoms with Crippen molar-refractivity contribution in [2.45, 2.75) is 45.8 Å². The van der Waals surface area contributed by atoms with Gasteiger partial charge >= 0.3 is 18.0 Å². The number of likely N-dealkylation sites (tertiary alicyclic amines) is 1. The van der Waals surface area contributed by atoms with Crippen LogP contribution in [0.15, 0.2) is 54.6 Å². The molecule has 0 spiro atoms. The molecule has 2 atom stereocenters. The fourth-order valence-electron chi connectivity index (χ4n) is 3.55. The highest BCUT2D eigenvalue weighted by molar-refractivity contribution is 6.12. The molecule has 1 amide bonds. The Labute approximate surface area is 210 Å². The maximum Gasteiger partial charge on any atom is 0.410 e. The monoisotopic (exact) mass is 497 g/mol. The van der Waals surface area contributed by atoms with Crippen LogP contribution in [0.25, 0.3) is 0 Å². The molecule has 2 aromatic rings. The second kappa shape index (κ2) is 11.7. The summed E-state index contributed by atoms with van der Waals surface area (Å²) in [4.78, 5) is 52.2. The average Bonchev–Trinajstić information content (AvgIpc) is 3.33. The summed E-state index contributed by atoms with van der Waals surface area (Å²) in [5.74, 6) is -1.99. The third kappa shape index (κ3) is 7.31. The number of ether oxygens (including phenoxy) is 4. The topological polar surface area (TPSA) is 108 Å². The van der Waals surface area contributed by atoms with Crippen LogP contribution < -0.4 is 4.74 Å².